The van der Waals surface area contributed by atoms with Gasteiger partial charge in [0.2, 0.25) is 5.95 Å². The van der Waals surface area contributed by atoms with Gasteiger partial charge in [-0.05, 0) is 37.3 Å². The molecule has 0 spiro atoms. The average Bonchev–Trinajstić information content (AvgIpc) is 2.73. The summed E-state index contributed by atoms with van der Waals surface area (Å²) < 4.78 is 15.9. The van der Waals surface area contributed by atoms with Crippen LogP contribution in [0, 0.1) is 6.92 Å². The number of para-hydroxylation sites is 2. The highest BCUT2D eigenvalue weighted by molar-refractivity contribution is 6.04. The number of benzene rings is 2. The molecular formula is C21H22N4O4. The number of aryl methyl sites for hydroxylation is 1. The number of carbonyl (C=O) groups excluding carboxylic acids is 1. The van der Waals surface area contributed by atoms with Crippen molar-refractivity contribution in [2.45, 2.75) is 6.92 Å². The first-order valence-corrected chi connectivity index (χ1v) is 8.83. The van der Waals surface area contributed by atoms with E-state index >= 15 is 0 Å². The maximum absolute atomic E-state index is 12.7. The van der Waals surface area contributed by atoms with Crippen molar-refractivity contribution in [3.8, 4) is 17.2 Å². The van der Waals surface area contributed by atoms with Gasteiger partial charge in [-0.25, -0.2) is 9.97 Å². The summed E-state index contributed by atoms with van der Waals surface area (Å²) in [7, 11) is 4.69. The number of hydrogen-bond donors (Lipinski definition) is 2. The highest BCUT2D eigenvalue weighted by Gasteiger charge is 2.14. The number of nitrogens with zero attached hydrogens (tertiary/aromatic N) is 2. The Kier molecular flexibility index (Phi) is 6.13. The normalized spacial score (nSPS) is 10.2. The van der Waals surface area contributed by atoms with E-state index in [4.69, 9.17) is 14.2 Å². The molecule has 0 aliphatic rings. The molecule has 0 unspecified atom stereocenters. The molecule has 3 rings (SSSR count). The quantitative estimate of drug-likeness (QED) is 0.629. The van der Waals surface area contributed by atoms with Crippen LogP contribution in [0.3, 0.4) is 0 Å². The molecule has 0 atom stereocenters. The van der Waals surface area contributed by atoms with Gasteiger partial charge in [-0.3, -0.25) is 4.79 Å². The third-order valence-electron chi connectivity index (χ3n) is 4.10. The second kappa shape index (κ2) is 8.92. The van der Waals surface area contributed by atoms with E-state index in [2.05, 4.69) is 20.6 Å². The van der Waals surface area contributed by atoms with Crippen molar-refractivity contribution in [2.75, 3.05) is 32.0 Å². The summed E-state index contributed by atoms with van der Waals surface area (Å²) in [6.45, 7) is 1.79. The maximum Gasteiger partial charge on any atom is 0.274 e. The Bertz CT molecular complexity index is 1020. The van der Waals surface area contributed by atoms with Crippen molar-refractivity contribution >= 4 is 23.2 Å². The van der Waals surface area contributed by atoms with Crippen LogP contribution in [0.15, 0.2) is 48.5 Å². The number of methoxy groups -OCH3 is 3. The Morgan fingerprint density at radius 2 is 1.59 bits per heavy atom. The van der Waals surface area contributed by atoms with Gasteiger partial charge < -0.3 is 24.8 Å². The lowest BCUT2D eigenvalue weighted by Crippen LogP contribution is -2.16. The predicted molar refractivity (Wildman–Crippen MR) is 111 cm³/mol. The summed E-state index contributed by atoms with van der Waals surface area (Å²) in [4.78, 5) is 21.4. The number of nitrogens with one attached hydrogen (secondary N) is 2. The van der Waals surface area contributed by atoms with Crippen LogP contribution >= 0.6 is 0 Å². The minimum absolute atomic E-state index is 0.216. The average molecular weight is 394 g/mol. The number of carbonyl (C=O) groups is 1. The predicted octanol–water partition coefficient (Wildman–Crippen LogP) is 3.81. The molecule has 0 aliphatic carbocycles. The Morgan fingerprint density at radius 3 is 2.31 bits per heavy atom. The standard InChI is InChI=1S/C21H22N4O4/c1-13-11-17(20(26)23-15-7-5-6-8-18(15)28-3)25-21(22-13)24-16-12-14(27-2)9-10-19(16)29-4/h5-12H,1-4H3,(H,23,26)(H,22,24,25). The second-order valence-electron chi connectivity index (χ2n) is 6.06. The number of amides is 1. The van der Waals surface area contributed by atoms with Crippen molar-refractivity contribution in [3.05, 3.63) is 59.9 Å². The minimum Gasteiger partial charge on any atom is -0.497 e. The highest BCUT2D eigenvalue weighted by Crippen LogP contribution is 2.31. The summed E-state index contributed by atoms with van der Waals surface area (Å²) in [5.74, 6) is 1.69. The molecule has 1 aromatic heterocycles. The second-order valence-corrected chi connectivity index (χ2v) is 6.06. The molecule has 2 aromatic carbocycles. The van der Waals surface area contributed by atoms with E-state index in [1.807, 2.05) is 12.1 Å². The molecule has 0 bridgehead atoms. The lowest BCUT2D eigenvalue weighted by atomic mass is 10.2. The summed E-state index contributed by atoms with van der Waals surface area (Å²) >= 11 is 0. The molecule has 0 radical (unpaired) electrons. The van der Waals surface area contributed by atoms with Gasteiger partial charge in [-0.15, -0.1) is 0 Å². The van der Waals surface area contributed by atoms with Crippen molar-refractivity contribution in [1.82, 2.24) is 9.97 Å². The number of anilines is 3. The monoisotopic (exact) mass is 394 g/mol. The topological polar surface area (TPSA) is 94.6 Å². The van der Waals surface area contributed by atoms with Crippen molar-refractivity contribution in [2.24, 2.45) is 0 Å². The molecule has 0 fully saturated rings. The highest BCUT2D eigenvalue weighted by atomic mass is 16.5. The molecule has 1 amide bonds. The summed E-state index contributed by atoms with van der Waals surface area (Å²) in [5.41, 5.74) is 2.02. The first-order chi connectivity index (χ1) is 14.0. The molecule has 3 aromatic rings. The molecule has 2 N–H and O–H groups in total. The largest absolute Gasteiger partial charge is 0.497 e. The summed E-state index contributed by atoms with van der Waals surface area (Å²) in [5, 5.41) is 5.90. The lowest BCUT2D eigenvalue weighted by molar-refractivity contribution is 0.102. The Balaban J connectivity index is 1.88. The van der Waals surface area contributed by atoms with Crippen LogP contribution in [0.1, 0.15) is 16.2 Å². The number of hydrogen-bond acceptors (Lipinski definition) is 7. The zero-order valence-electron chi connectivity index (χ0n) is 16.6. The van der Waals surface area contributed by atoms with Crippen molar-refractivity contribution in [1.29, 1.82) is 0 Å². The molecule has 0 aliphatic heterocycles. The zero-order valence-corrected chi connectivity index (χ0v) is 16.6. The molecule has 8 heteroatoms. The molecule has 0 saturated carbocycles. The van der Waals surface area contributed by atoms with Gasteiger partial charge in [-0.1, -0.05) is 12.1 Å². The fraction of sp³-hybridized carbons (Fsp3) is 0.190. The Hall–Kier alpha value is -3.81. The van der Waals surface area contributed by atoms with Gasteiger partial charge in [0, 0.05) is 11.8 Å². The van der Waals surface area contributed by atoms with Crippen LogP contribution in [0.5, 0.6) is 17.2 Å². The van der Waals surface area contributed by atoms with Crippen molar-refractivity contribution in [3.63, 3.8) is 0 Å². The van der Waals surface area contributed by atoms with Gasteiger partial charge in [0.1, 0.15) is 22.9 Å². The third kappa shape index (κ3) is 4.73. The van der Waals surface area contributed by atoms with Gasteiger partial charge >= 0.3 is 0 Å². The van der Waals surface area contributed by atoms with E-state index in [0.717, 1.165) is 0 Å². The Morgan fingerprint density at radius 1 is 0.862 bits per heavy atom. The van der Waals surface area contributed by atoms with E-state index < -0.39 is 0 Å². The number of rotatable bonds is 7. The van der Waals surface area contributed by atoms with Gasteiger partial charge in [-0.2, -0.15) is 0 Å². The fourth-order valence-electron chi connectivity index (χ4n) is 2.71. The van der Waals surface area contributed by atoms with Crippen LogP contribution in [0.25, 0.3) is 0 Å². The van der Waals surface area contributed by atoms with E-state index in [0.29, 0.717) is 34.3 Å². The molecule has 1 heterocycles. The SMILES string of the molecule is COc1ccc(OC)c(Nc2nc(C)cc(C(=O)Nc3ccccc3OC)n2)c1. The number of ether oxygens (including phenoxy) is 3. The van der Waals surface area contributed by atoms with Crippen LogP contribution in [0.2, 0.25) is 0 Å². The van der Waals surface area contributed by atoms with Gasteiger partial charge in [0.25, 0.3) is 5.91 Å². The van der Waals surface area contributed by atoms with Gasteiger partial charge in [0.05, 0.1) is 32.7 Å². The molecule has 29 heavy (non-hydrogen) atoms. The summed E-state index contributed by atoms with van der Waals surface area (Å²) in [6, 6.07) is 14.1. The smallest absolute Gasteiger partial charge is 0.274 e. The Labute approximate surface area is 168 Å². The van der Waals surface area contributed by atoms with Crippen LogP contribution in [-0.2, 0) is 0 Å². The first-order valence-electron chi connectivity index (χ1n) is 8.83. The minimum atomic E-state index is -0.374. The molecule has 8 nitrogen and oxygen atoms in total. The van der Waals surface area contributed by atoms with Crippen LogP contribution < -0.4 is 24.8 Å². The molecular weight excluding hydrogens is 372 g/mol. The van der Waals surface area contributed by atoms with Crippen LogP contribution in [-0.4, -0.2) is 37.2 Å². The third-order valence-corrected chi connectivity index (χ3v) is 4.10. The zero-order chi connectivity index (χ0) is 20.8. The van der Waals surface area contributed by atoms with Crippen LogP contribution in [0.4, 0.5) is 17.3 Å². The van der Waals surface area contributed by atoms with E-state index in [1.54, 1.807) is 64.7 Å². The molecule has 0 saturated heterocycles. The first kappa shape index (κ1) is 19.9. The lowest BCUT2D eigenvalue weighted by Gasteiger charge is -2.13. The van der Waals surface area contributed by atoms with E-state index in [-0.39, 0.29) is 17.5 Å². The summed E-state index contributed by atoms with van der Waals surface area (Å²) in [6.07, 6.45) is 0. The van der Waals surface area contributed by atoms with Crippen molar-refractivity contribution < 1.29 is 19.0 Å². The molecule has 150 valence electrons. The number of aromatic nitrogens is 2. The van der Waals surface area contributed by atoms with Gasteiger partial charge in [0.15, 0.2) is 0 Å². The van der Waals surface area contributed by atoms with E-state index in [1.165, 1.54) is 0 Å². The fourth-order valence-corrected chi connectivity index (χ4v) is 2.71. The van der Waals surface area contributed by atoms with E-state index in [9.17, 15) is 4.79 Å². The maximum atomic E-state index is 12.7.